The van der Waals surface area contributed by atoms with Crippen molar-refractivity contribution in [1.82, 2.24) is 31.3 Å². The van der Waals surface area contributed by atoms with E-state index in [1.54, 1.807) is 51.4 Å². The van der Waals surface area contributed by atoms with Crippen LogP contribution in [0.2, 0.25) is 0 Å². The number of hydrogen-bond acceptors (Lipinski definition) is 9. The van der Waals surface area contributed by atoms with Crippen LogP contribution in [-0.2, 0) is 16.1 Å². The predicted molar refractivity (Wildman–Crippen MR) is 173 cm³/mol. The Bertz CT molecular complexity index is 1810. The van der Waals surface area contributed by atoms with Gasteiger partial charge < -0.3 is 19.3 Å². The molecule has 0 spiro atoms. The molecule has 46 heavy (non-hydrogen) atoms. The van der Waals surface area contributed by atoms with Gasteiger partial charge in [-0.1, -0.05) is 67.5 Å². The fourth-order valence-electron chi connectivity index (χ4n) is 4.28. The van der Waals surface area contributed by atoms with Crippen LogP contribution in [-0.4, -0.2) is 45.9 Å². The molecule has 12 nitrogen and oxygen atoms in total. The van der Waals surface area contributed by atoms with E-state index in [0.29, 0.717) is 33.6 Å². The maximum atomic E-state index is 13.1. The monoisotopic (exact) mass is 624 g/mol. The average molecular weight is 625 g/mol. The minimum atomic E-state index is -0.774. The Morgan fingerprint density at radius 3 is 2.02 bits per heavy atom. The fraction of sp³-hybridized carbons (Fsp3) is 0.235. The maximum Gasteiger partial charge on any atom is 0.426 e. The second kappa shape index (κ2) is 14.8. The van der Waals surface area contributed by atoms with Gasteiger partial charge in [-0.25, -0.2) is 20.0 Å². The molecule has 5 aromatic rings. The molecule has 0 aliphatic carbocycles. The molecule has 0 radical (unpaired) electrons. The SMILES string of the molecule is CC.CNC(=O)OCc1cc(-c2ccc(-c3ccc(-c4cc(C(=O)NNC(=O)OC(C)(C)C)c5cnccc5n4)cc3)cc2)no1. The lowest BCUT2D eigenvalue weighted by atomic mass is 9.99. The minimum absolute atomic E-state index is 0.0187. The Hall–Kier alpha value is -5.78. The van der Waals surface area contributed by atoms with E-state index in [9.17, 15) is 14.4 Å². The molecule has 0 saturated carbocycles. The summed E-state index contributed by atoms with van der Waals surface area (Å²) in [7, 11) is 1.48. The number of amides is 3. The van der Waals surface area contributed by atoms with Gasteiger partial charge in [-0.3, -0.25) is 15.2 Å². The number of ether oxygens (including phenoxy) is 2. The highest BCUT2D eigenvalue weighted by Gasteiger charge is 2.19. The van der Waals surface area contributed by atoms with Crippen molar-refractivity contribution in [2.24, 2.45) is 0 Å². The highest BCUT2D eigenvalue weighted by atomic mass is 16.6. The lowest BCUT2D eigenvalue weighted by Gasteiger charge is -2.19. The molecule has 2 aromatic carbocycles. The summed E-state index contributed by atoms with van der Waals surface area (Å²) >= 11 is 0. The van der Waals surface area contributed by atoms with Crippen LogP contribution in [0.5, 0.6) is 0 Å². The second-order valence-electron chi connectivity index (χ2n) is 10.7. The van der Waals surface area contributed by atoms with Crippen LogP contribution in [0, 0.1) is 0 Å². The molecule has 5 rings (SSSR count). The molecule has 0 aliphatic rings. The van der Waals surface area contributed by atoms with Crippen molar-refractivity contribution in [3.8, 4) is 33.6 Å². The Balaban J connectivity index is 0.00000235. The molecule has 0 unspecified atom stereocenters. The van der Waals surface area contributed by atoms with E-state index in [1.807, 2.05) is 62.4 Å². The summed E-state index contributed by atoms with van der Waals surface area (Å²) in [5, 5.41) is 6.97. The van der Waals surface area contributed by atoms with Gasteiger partial charge in [-0.2, -0.15) is 0 Å². The third-order valence-corrected chi connectivity index (χ3v) is 6.34. The molecule has 3 heterocycles. The molecule has 0 saturated heterocycles. The maximum absolute atomic E-state index is 13.1. The molecule has 0 aliphatic heterocycles. The van der Waals surface area contributed by atoms with E-state index >= 15 is 0 Å². The Kier molecular flexibility index (Phi) is 10.7. The lowest BCUT2D eigenvalue weighted by Crippen LogP contribution is -2.44. The Morgan fingerprint density at radius 1 is 0.804 bits per heavy atom. The molecular weight excluding hydrogens is 588 g/mol. The molecule has 3 amide bonds. The van der Waals surface area contributed by atoms with Gasteiger partial charge in [0.2, 0.25) is 0 Å². The van der Waals surface area contributed by atoms with Crippen LogP contribution in [0.15, 0.2) is 83.6 Å². The first-order chi connectivity index (χ1) is 22.1. The highest BCUT2D eigenvalue weighted by Crippen LogP contribution is 2.29. The van der Waals surface area contributed by atoms with Crippen LogP contribution >= 0.6 is 0 Å². The molecule has 3 N–H and O–H groups in total. The minimum Gasteiger partial charge on any atom is -0.443 e. The number of pyridine rings is 2. The van der Waals surface area contributed by atoms with Crippen LogP contribution in [0.3, 0.4) is 0 Å². The number of nitrogens with zero attached hydrogens (tertiary/aromatic N) is 3. The highest BCUT2D eigenvalue weighted by molar-refractivity contribution is 6.07. The van der Waals surface area contributed by atoms with Gasteiger partial charge in [0.1, 0.15) is 11.3 Å². The fourth-order valence-corrected chi connectivity index (χ4v) is 4.28. The molecule has 0 atom stereocenters. The van der Waals surface area contributed by atoms with Crippen molar-refractivity contribution < 1.29 is 28.4 Å². The third kappa shape index (κ3) is 8.44. The van der Waals surface area contributed by atoms with E-state index in [-0.39, 0.29) is 6.61 Å². The third-order valence-electron chi connectivity index (χ3n) is 6.34. The van der Waals surface area contributed by atoms with E-state index in [0.717, 1.165) is 22.3 Å². The van der Waals surface area contributed by atoms with E-state index in [4.69, 9.17) is 19.0 Å². The summed E-state index contributed by atoms with van der Waals surface area (Å²) in [5.41, 5.74) is 9.66. The summed E-state index contributed by atoms with van der Waals surface area (Å²) < 4.78 is 15.4. The molecular formula is C34H36N6O6. The zero-order valence-electron chi connectivity index (χ0n) is 26.5. The topological polar surface area (TPSA) is 158 Å². The van der Waals surface area contributed by atoms with Crippen molar-refractivity contribution in [1.29, 1.82) is 0 Å². The van der Waals surface area contributed by atoms with Crippen molar-refractivity contribution in [3.63, 3.8) is 0 Å². The van der Waals surface area contributed by atoms with Gasteiger partial charge >= 0.3 is 12.2 Å². The summed E-state index contributed by atoms with van der Waals surface area (Å²) in [5.74, 6) is -0.103. The van der Waals surface area contributed by atoms with Gasteiger partial charge in [-0.15, -0.1) is 0 Å². The van der Waals surface area contributed by atoms with Gasteiger partial charge in [0.15, 0.2) is 12.4 Å². The Labute approximate surface area is 266 Å². The first-order valence-electron chi connectivity index (χ1n) is 14.6. The number of nitrogens with one attached hydrogen (secondary N) is 3. The van der Waals surface area contributed by atoms with Gasteiger partial charge in [0, 0.05) is 42.0 Å². The number of benzene rings is 2. The van der Waals surface area contributed by atoms with Gasteiger partial charge in [0.05, 0.1) is 16.8 Å². The summed E-state index contributed by atoms with van der Waals surface area (Å²) in [6.07, 6.45) is 1.83. The number of alkyl carbamates (subject to hydrolysis) is 1. The van der Waals surface area contributed by atoms with Gasteiger partial charge in [0.25, 0.3) is 5.91 Å². The lowest BCUT2D eigenvalue weighted by molar-refractivity contribution is 0.0483. The average Bonchev–Trinajstić information content (AvgIpc) is 3.55. The number of hydrogen-bond donors (Lipinski definition) is 3. The largest absolute Gasteiger partial charge is 0.443 e. The smallest absolute Gasteiger partial charge is 0.426 e. The van der Waals surface area contributed by atoms with Crippen LogP contribution in [0.25, 0.3) is 44.5 Å². The van der Waals surface area contributed by atoms with Crippen molar-refractivity contribution in [3.05, 3.63) is 90.4 Å². The molecule has 0 fully saturated rings. The summed E-state index contributed by atoms with van der Waals surface area (Å²) in [6, 6.07) is 20.7. The standard InChI is InChI=1S/C32H30N6O6.C2H6/c1-32(2,3)43-31(41)37-36-29(39)24-16-27(35-26-13-14-34-17-25(24)26)21-9-5-19(6-10-21)20-7-11-22(12-8-20)28-15-23(44-38-28)18-42-30(40)33-4;1-2/h5-17H,18H2,1-4H3,(H,33,40)(H,36,39)(H,37,41);1-2H3. The Morgan fingerprint density at radius 2 is 1.41 bits per heavy atom. The van der Waals surface area contributed by atoms with E-state index < -0.39 is 23.7 Å². The van der Waals surface area contributed by atoms with Crippen molar-refractivity contribution in [2.45, 2.75) is 46.8 Å². The zero-order chi connectivity index (χ0) is 33.3. The molecule has 238 valence electrons. The van der Waals surface area contributed by atoms with Gasteiger partial charge in [-0.05, 0) is 44.0 Å². The van der Waals surface area contributed by atoms with Crippen LogP contribution in [0.1, 0.15) is 50.7 Å². The van der Waals surface area contributed by atoms with Crippen molar-refractivity contribution >= 4 is 29.0 Å². The second-order valence-corrected chi connectivity index (χ2v) is 10.7. The molecule has 12 heteroatoms. The molecule has 3 aromatic heterocycles. The predicted octanol–water partition coefficient (Wildman–Crippen LogP) is 6.67. The zero-order valence-corrected chi connectivity index (χ0v) is 26.5. The molecule has 0 bridgehead atoms. The number of fused-ring (bicyclic) bond motifs is 1. The number of aromatic nitrogens is 3. The summed E-state index contributed by atoms with van der Waals surface area (Å²) in [4.78, 5) is 45.3. The van der Waals surface area contributed by atoms with E-state index in [2.05, 4.69) is 26.3 Å². The van der Waals surface area contributed by atoms with Crippen molar-refractivity contribution in [2.75, 3.05) is 7.05 Å². The number of carbonyl (C=O) groups is 3. The van der Waals surface area contributed by atoms with Crippen LogP contribution < -0.4 is 16.2 Å². The summed E-state index contributed by atoms with van der Waals surface area (Å²) in [6.45, 7) is 9.17. The normalized spacial score (nSPS) is 10.7. The number of hydrazine groups is 1. The number of rotatable bonds is 6. The number of carbonyl (C=O) groups excluding carboxylic acids is 3. The quantitative estimate of drug-likeness (QED) is 0.175. The van der Waals surface area contributed by atoms with Crippen LogP contribution in [0.4, 0.5) is 9.59 Å². The van der Waals surface area contributed by atoms with E-state index in [1.165, 1.54) is 7.05 Å². The first kappa shape index (κ1) is 33.1. The first-order valence-corrected chi connectivity index (χ1v) is 14.6.